The van der Waals surface area contributed by atoms with Crippen LogP contribution in [0, 0.1) is 18.3 Å². The van der Waals surface area contributed by atoms with Crippen molar-refractivity contribution in [3.8, 4) is 6.07 Å². The zero-order valence-corrected chi connectivity index (χ0v) is 12.1. The topological polar surface area (TPSA) is 39.1 Å². The molecular weight excluding hydrogens is 234 g/mol. The second-order valence-corrected chi connectivity index (χ2v) is 5.67. The van der Waals surface area contributed by atoms with Crippen LogP contribution in [-0.2, 0) is 0 Å². The van der Waals surface area contributed by atoms with Crippen molar-refractivity contribution >= 4 is 5.69 Å². The van der Waals surface area contributed by atoms with Crippen molar-refractivity contribution in [3.63, 3.8) is 0 Å². The molecule has 1 fully saturated rings. The molecule has 1 atom stereocenters. The van der Waals surface area contributed by atoms with Crippen molar-refractivity contribution in [2.45, 2.75) is 45.7 Å². The lowest BCUT2D eigenvalue weighted by molar-refractivity contribution is 0.552. The van der Waals surface area contributed by atoms with Crippen LogP contribution in [0.15, 0.2) is 18.2 Å². The Morgan fingerprint density at radius 3 is 2.84 bits per heavy atom. The third-order valence-corrected chi connectivity index (χ3v) is 3.79. The van der Waals surface area contributed by atoms with Crippen molar-refractivity contribution in [3.05, 3.63) is 29.3 Å². The lowest BCUT2D eigenvalue weighted by atomic mass is 10.1. The minimum atomic E-state index is 0.399. The fraction of sp³-hybridized carbons (Fsp3) is 0.562. The van der Waals surface area contributed by atoms with E-state index >= 15 is 0 Å². The SMILES string of the molecule is Cc1ccc(C#N)c(N(CC2CCCN2)C(C)C)c1. The highest BCUT2D eigenvalue weighted by Gasteiger charge is 2.21. The molecule has 1 aromatic carbocycles. The van der Waals surface area contributed by atoms with Gasteiger partial charge in [0.15, 0.2) is 0 Å². The number of nitrogens with one attached hydrogen (secondary N) is 1. The first kappa shape index (κ1) is 13.9. The number of benzene rings is 1. The summed E-state index contributed by atoms with van der Waals surface area (Å²) in [6, 6.07) is 9.34. The van der Waals surface area contributed by atoms with E-state index in [9.17, 15) is 5.26 Å². The van der Waals surface area contributed by atoms with Gasteiger partial charge in [0.2, 0.25) is 0 Å². The van der Waals surface area contributed by atoms with E-state index in [2.05, 4.69) is 43.1 Å². The lowest BCUT2D eigenvalue weighted by Gasteiger charge is -2.32. The van der Waals surface area contributed by atoms with Crippen molar-refractivity contribution < 1.29 is 0 Å². The van der Waals surface area contributed by atoms with E-state index in [1.54, 1.807) is 0 Å². The standard InChI is InChI=1S/C16H23N3/c1-12(2)19(11-15-5-4-8-18-15)16-9-13(3)6-7-14(16)10-17/h6-7,9,12,15,18H,4-5,8,11H2,1-3H3. The van der Waals surface area contributed by atoms with Crippen LogP contribution in [0.25, 0.3) is 0 Å². The summed E-state index contributed by atoms with van der Waals surface area (Å²) in [7, 11) is 0. The molecule has 102 valence electrons. The van der Waals surface area contributed by atoms with Crippen molar-refractivity contribution in [2.75, 3.05) is 18.0 Å². The molecule has 0 bridgehead atoms. The van der Waals surface area contributed by atoms with Gasteiger partial charge in [0.05, 0.1) is 11.3 Å². The quantitative estimate of drug-likeness (QED) is 0.901. The van der Waals surface area contributed by atoms with Crippen LogP contribution in [-0.4, -0.2) is 25.2 Å². The maximum Gasteiger partial charge on any atom is 0.101 e. The molecule has 3 heteroatoms. The Bertz CT molecular complexity index is 467. The van der Waals surface area contributed by atoms with E-state index in [0.29, 0.717) is 12.1 Å². The average molecular weight is 257 g/mol. The van der Waals surface area contributed by atoms with Gasteiger partial charge in [-0.2, -0.15) is 5.26 Å². The van der Waals surface area contributed by atoms with Crippen LogP contribution in [0.3, 0.4) is 0 Å². The Hall–Kier alpha value is -1.53. The van der Waals surface area contributed by atoms with Crippen LogP contribution in [0.4, 0.5) is 5.69 Å². The van der Waals surface area contributed by atoms with E-state index in [0.717, 1.165) is 24.3 Å². The van der Waals surface area contributed by atoms with E-state index in [-0.39, 0.29) is 0 Å². The number of nitriles is 1. The molecule has 1 aliphatic heterocycles. The summed E-state index contributed by atoms with van der Waals surface area (Å²) in [5.74, 6) is 0. The van der Waals surface area contributed by atoms with E-state index in [4.69, 9.17) is 0 Å². The number of rotatable bonds is 4. The summed E-state index contributed by atoms with van der Waals surface area (Å²) in [4.78, 5) is 2.36. The molecule has 19 heavy (non-hydrogen) atoms. The van der Waals surface area contributed by atoms with E-state index in [1.165, 1.54) is 18.4 Å². The highest BCUT2D eigenvalue weighted by Crippen LogP contribution is 2.25. The van der Waals surface area contributed by atoms with Crippen molar-refractivity contribution in [1.82, 2.24) is 5.32 Å². The number of aryl methyl sites for hydroxylation is 1. The Labute approximate surface area is 116 Å². The highest BCUT2D eigenvalue weighted by atomic mass is 15.2. The first-order valence-corrected chi connectivity index (χ1v) is 7.12. The van der Waals surface area contributed by atoms with Gasteiger partial charge >= 0.3 is 0 Å². The number of hydrogen-bond donors (Lipinski definition) is 1. The summed E-state index contributed by atoms with van der Waals surface area (Å²) < 4.78 is 0. The van der Waals surface area contributed by atoms with Gasteiger partial charge < -0.3 is 10.2 Å². The Morgan fingerprint density at radius 2 is 2.26 bits per heavy atom. The molecule has 0 radical (unpaired) electrons. The molecule has 0 spiro atoms. The van der Waals surface area contributed by atoms with Gasteiger partial charge in [-0.05, 0) is 57.9 Å². The molecule has 1 aromatic rings. The second kappa shape index (κ2) is 6.08. The summed E-state index contributed by atoms with van der Waals surface area (Å²) in [5, 5.41) is 12.8. The van der Waals surface area contributed by atoms with E-state index < -0.39 is 0 Å². The normalized spacial score (nSPS) is 18.6. The number of anilines is 1. The van der Waals surface area contributed by atoms with Gasteiger partial charge in [-0.3, -0.25) is 0 Å². The first-order chi connectivity index (χ1) is 9.11. The van der Waals surface area contributed by atoms with Crippen LogP contribution in [0.5, 0.6) is 0 Å². The van der Waals surface area contributed by atoms with Crippen LogP contribution in [0.1, 0.15) is 37.8 Å². The molecule has 0 aromatic heterocycles. The molecule has 1 saturated heterocycles. The minimum absolute atomic E-state index is 0.399. The van der Waals surface area contributed by atoms with Gasteiger partial charge in [-0.15, -0.1) is 0 Å². The Balaban J connectivity index is 2.27. The molecule has 1 unspecified atom stereocenters. The largest absolute Gasteiger partial charge is 0.366 e. The Morgan fingerprint density at radius 1 is 1.47 bits per heavy atom. The molecule has 1 aliphatic rings. The van der Waals surface area contributed by atoms with Gasteiger partial charge in [-0.25, -0.2) is 0 Å². The van der Waals surface area contributed by atoms with Gasteiger partial charge in [-0.1, -0.05) is 6.07 Å². The Kier molecular flexibility index (Phi) is 4.44. The number of hydrogen-bond acceptors (Lipinski definition) is 3. The third-order valence-electron chi connectivity index (χ3n) is 3.79. The van der Waals surface area contributed by atoms with Gasteiger partial charge in [0.25, 0.3) is 0 Å². The van der Waals surface area contributed by atoms with Crippen molar-refractivity contribution in [1.29, 1.82) is 5.26 Å². The fourth-order valence-corrected chi connectivity index (χ4v) is 2.71. The third kappa shape index (κ3) is 3.27. The highest BCUT2D eigenvalue weighted by molar-refractivity contribution is 5.61. The number of nitrogens with zero attached hydrogens (tertiary/aromatic N) is 2. The second-order valence-electron chi connectivity index (χ2n) is 5.67. The van der Waals surface area contributed by atoms with Crippen LogP contribution >= 0.6 is 0 Å². The summed E-state index contributed by atoms with van der Waals surface area (Å²) in [6.07, 6.45) is 2.49. The molecule has 1 N–H and O–H groups in total. The fourth-order valence-electron chi connectivity index (χ4n) is 2.71. The zero-order valence-electron chi connectivity index (χ0n) is 12.1. The molecule has 0 saturated carbocycles. The molecular formula is C16H23N3. The predicted molar refractivity (Wildman–Crippen MR) is 79.4 cm³/mol. The predicted octanol–water partition coefficient (Wildman–Crippen LogP) is 2.83. The van der Waals surface area contributed by atoms with Gasteiger partial charge in [0, 0.05) is 18.6 Å². The summed E-state index contributed by atoms with van der Waals surface area (Å²) in [6.45, 7) is 8.57. The van der Waals surface area contributed by atoms with E-state index in [1.807, 2.05) is 12.1 Å². The molecule has 0 amide bonds. The van der Waals surface area contributed by atoms with Crippen molar-refractivity contribution in [2.24, 2.45) is 0 Å². The average Bonchev–Trinajstić information content (AvgIpc) is 2.88. The smallest absolute Gasteiger partial charge is 0.101 e. The summed E-state index contributed by atoms with van der Waals surface area (Å²) in [5.41, 5.74) is 3.06. The molecule has 1 heterocycles. The monoisotopic (exact) mass is 257 g/mol. The lowest BCUT2D eigenvalue weighted by Crippen LogP contribution is -2.41. The van der Waals surface area contributed by atoms with Crippen LogP contribution in [0.2, 0.25) is 0 Å². The first-order valence-electron chi connectivity index (χ1n) is 7.12. The maximum absolute atomic E-state index is 9.31. The zero-order chi connectivity index (χ0) is 13.8. The molecule has 0 aliphatic carbocycles. The summed E-state index contributed by atoms with van der Waals surface area (Å²) >= 11 is 0. The van der Waals surface area contributed by atoms with Gasteiger partial charge in [0.1, 0.15) is 6.07 Å². The van der Waals surface area contributed by atoms with Crippen LogP contribution < -0.4 is 10.2 Å². The molecule has 2 rings (SSSR count). The maximum atomic E-state index is 9.31. The molecule has 3 nitrogen and oxygen atoms in total. The minimum Gasteiger partial charge on any atom is -0.366 e.